The average molecular weight is 290 g/mol. The maximum absolute atomic E-state index is 5.90. The van der Waals surface area contributed by atoms with Crippen LogP contribution < -0.4 is 10.5 Å². The molecule has 118 valence electrons. The minimum Gasteiger partial charge on any atom is -0.492 e. The lowest BCUT2D eigenvalue weighted by atomic mass is 10.1. The maximum Gasteiger partial charge on any atom is 0.119 e. The normalized spacial score (nSPS) is 20.2. The molecular formula is C18H30N2O. The van der Waals surface area contributed by atoms with Gasteiger partial charge < -0.3 is 10.5 Å². The number of likely N-dealkylation sites (tertiary alicyclic amines) is 1. The summed E-state index contributed by atoms with van der Waals surface area (Å²) in [5.41, 5.74) is 6.84. The molecule has 3 heteroatoms. The topological polar surface area (TPSA) is 38.5 Å². The van der Waals surface area contributed by atoms with Gasteiger partial charge in [-0.05, 0) is 56.5 Å². The first-order valence-corrected chi connectivity index (χ1v) is 8.49. The third kappa shape index (κ3) is 5.33. The fourth-order valence-electron chi connectivity index (χ4n) is 3.19. The zero-order valence-corrected chi connectivity index (χ0v) is 13.4. The quantitative estimate of drug-likeness (QED) is 0.838. The zero-order chi connectivity index (χ0) is 14.9. The van der Waals surface area contributed by atoms with Crippen molar-refractivity contribution in [1.29, 1.82) is 0 Å². The van der Waals surface area contributed by atoms with Gasteiger partial charge in [0.2, 0.25) is 0 Å². The Hall–Kier alpha value is -1.06. The molecule has 1 aliphatic heterocycles. The number of rotatable bonds is 7. The van der Waals surface area contributed by atoms with E-state index in [0.29, 0.717) is 6.54 Å². The maximum atomic E-state index is 5.90. The molecule has 1 aromatic rings. The molecule has 21 heavy (non-hydrogen) atoms. The molecule has 3 nitrogen and oxygen atoms in total. The predicted octanol–water partition coefficient (Wildman–Crippen LogP) is 3.22. The molecule has 1 aromatic carbocycles. The van der Waals surface area contributed by atoms with Crippen molar-refractivity contribution in [3.63, 3.8) is 0 Å². The van der Waals surface area contributed by atoms with Crippen LogP contribution >= 0.6 is 0 Å². The highest BCUT2D eigenvalue weighted by Gasteiger charge is 2.18. The summed E-state index contributed by atoms with van der Waals surface area (Å²) in [5.74, 6) is 0.971. The summed E-state index contributed by atoms with van der Waals surface area (Å²) in [6, 6.07) is 9.10. The van der Waals surface area contributed by atoms with Gasteiger partial charge in [0.25, 0.3) is 0 Å². The largest absolute Gasteiger partial charge is 0.492 e. The molecule has 0 saturated carbocycles. The first-order chi connectivity index (χ1) is 10.3. The van der Waals surface area contributed by atoms with E-state index in [1.165, 1.54) is 44.2 Å². The Kier molecular flexibility index (Phi) is 7.04. The van der Waals surface area contributed by atoms with Crippen LogP contribution in [0.5, 0.6) is 5.75 Å². The molecule has 2 rings (SSSR count). The Labute approximate surface area is 129 Å². The lowest BCUT2D eigenvalue weighted by Gasteiger charge is -2.28. The van der Waals surface area contributed by atoms with Crippen molar-refractivity contribution in [3.8, 4) is 5.75 Å². The van der Waals surface area contributed by atoms with Gasteiger partial charge in [-0.15, -0.1) is 0 Å². The highest BCUT2D eigenvalue weighted by atomic mass is 16.5. The lowest BCUT2D eigenvalue weighted by Crippen LogP contribution is -2.37. The number of ether oxygens (including phenoxy) is 1. The molecular weight excluding hydrogens is 260 g/mol. The number of hydrogen-bond acceptors (Lipinski definition) is 3. The Morgan fingerprint density at radius 1 is 1.19 bits per heavy atom. The second-order valence-corrected chi connectivity index (χ2v) is 5.98. The highest BCUT2D eigenvalue weighted by Crippen LogP contribution is 2.19. The molecule has 0 bridgehead atoms. The van der Waals surface area contributed by atoms with Gasteiger partial charge in [0.15, 0.2) is 0 Å². The summed E-state index contributed by atoms with van der Waals surface area (Å²) in [5, 5.41) is 0. The van der Waals surface area contributed by atoms with E-state index in [4.69, 9.17) is 10.5 Å². The van der Waals surface area contributed by atoms with Crippen LogP contribution in [0, 0.1) is 0 Å². The summed E-state index contributed by atoms with van der Waals surface area (Å²) in [4.78, 5) is 2.62. The Balaban J connectivity index is 1.76. The summed E-state index contributed by atoms with van der Waals surface area (Å²) < 4.78 is 5.90. The molecule has 1 heterocycles. The molecule has 0 aliphatic carbocycles. The molecule has 0 aromatic heterocycles. The zero-order valence-electron chi connectivity index (χ0n) is 13.4. The molecule has 1 atom stereocenters. The molecule has 1 saturated heterocycles. The van der Waals surface area contributed by atoms with Crippen LogP contribution in [0.25, 0.3) is 0 Å². The fourth-order valence-corrected chi connectivity index (χ4v) is 3.19. The first kappa shape index (κ1) is 16.3. The van der Waals surface area contributed by atoms with Gasteiger partial charge in [-0.3, -0.25) is 4.90 Å². The van der Waals surface area contributed by atoms with Crippen molar-refractivity contribution in [3.05, 3.63) is 29.8 Å². The summed E-state index contributed by atoms with van der Waals surface area (Å²) in [7, 11) is 0. The van der Waals surface area contributed by atoms with Crippen molar-refractivity contribution in [2.75, 3.05) is 26.2 Å². The first-order valence-electron chi connectivity index (χ1n) is 8.49. The van der Waals surface area contributed by atoms with Crippen LogP contribution in [-0.2, 0) is 6.42 Å². The molecule has 2 N–H and O–H groups in total. The number of hydrogen-bond donors (Lipinski definition) is 1. The van der Waals surface area contributed by atoms with E-state index < -0.39 is 0 Å². The summed E-state index contributed by atoms with van der Waals surface area (Å²) >= 11 is 0. The number of nitrogens with two attached hydrogens (primary N) is 1. The van der Waals surface area contributed by atoms with Gasteiger partial charge >= 0.3 is 0 Å². The number of benzene rings is 1. The van der Waals surface area contributed by atoms with E-state index in [2.05, 4.69) is 36.1 Å². The second-order valence-electron chi connectivity index (χ2n) is 5.98. The highest BCUT2D eigenvalue weighted by molar-refractivity contribution is 5.27. The van der Waals surface area contributed by atoms with Gasteiger partial charge in [0.05, 0.1) is 0 Å². The second kappa shape index (κ2) is 9.06. The van der Waals surface area contributed by atoms with Crippen molar-refractivity contribution >= 4 is 0 Å². The van der Waals surface area contributed by atoms with Crippen molar-refractivity contribution in [2.24, 2.45) is 5.73 Å². The Morgan fingerprint density at radius 3 is 2.71 bits per heavy atom. The van der Waals surface area contributed by atoms with E-state index in [0.717, 1.165) is 31.4 Å². The minimum absolute atomic E-state index is 0.702. The molecule has 1 unspecified atom stereocenters. The van der Waals surface area contributed by atoms with Crippen LogP contribution in [0.4, 0.5) is 0 Å². The molecule has 0 spiro atoms. The lowest BCUT2D eigenvalue weighted by molar-refractivity contribution is 0.158. The van der Waals surface area contributed by atoms with E-state index in [1.54, 1.807) is 0 Å². The van der Waals surface area contributed by atoms with Gasteiger partial charge in [0, 0.05) is 12.6 Å². The van der Waals surface area contributed by atoms with Crippen molar-refractivity contribution < 1.29 is 4.74 Å². The summed E-state index contributed by atoms with van der Waals surface area (Å²) in [6.45, 7) is 6.07. The van der Waals surface area contributed by atoms with E-state index >= 15 is 0 Å². The molecule has 0 amide bonds. The monoisotopic (exact) mass is 290 g/mol. The molecule has 1 aliphatic rings. The standard InChI is InChI=1S/C18H30N2O/c1-2-17-6-4-3-5-13-20(17)14-15-21-18-9-7-16(8-10-18)11-12-19/h7-10,17H,2-6,11-15,19H2,1H3. The van der Waals surface area contributed by atoms with Gasteiger partial charge in [-0.1, -0.05) is 31.9 Å². The van der Waals surface area contributed by atoms with Gasteiger partial charge in [0.1, 0.15) is 12.4 Å². The summed E-state index contributed by atoms with van der Waals surface area (Å²) in [6.07, 6.45) is 7.66. The number of nitrogens with zero attached hydrogens (tertiary/aromatic N) is 1. The molecule has 1 fully saturated rings. The predicted molar refractivity (Wildman–Crippen MR) is 88.8 cm³/mol. The fraction of sp³-hybridized carbons (Fsp3) is 0.667. The van der Waals surface area contributed by atoms with Crippen LogP contribution in [0.1, 0.15) is 44.6 Å². The van der Waals surface area contributed by atoms with E-state index in [-0.39, 0.29) is 0 Å². The van der Waals surface area contributed by atoms with Crippen LogP contribution in [-0.4, -0.2) is 37.2 Å². The smallest absolute Gasteiger partial charge is 0.119 e. The van der Waals surface area contributed by atoms with Crippen molar-refractivity contribution in [2.45, 2.75) is 51.5 Å². The average Bonchev–Trinajstić information content (AvgIpc) is 2.74. The Bertz CT molecular complexity index is 391. The van der Waals surface area contributed by atoms with Gasteiger partial charge in [-0.25, -0.2) is 0 Å². The van der Waals surface area contributed by atoms with Crippen LogP contribution in [0.15, 0.2) is 24.3 Å². The minimum atomic E-state index is 0.702. The van der Waals surface area contributed by atoms with Crippen molar-refractivity contribution in [1.82, 2.24) is 4.90 Å². The third-order valence-corrected chi connectivity index (χ3v) is 4.47. The SMILES string of the molecule is CCC1CCCCCN1CCOc1ccc(CCN)cc1. The van der Waals surface area contributed by atoms with Gasteiger partial charge in [-0.2, -0.15) is 0 Å². The third-order valence-electron chi connectivity index (χ3n) is 4.47. The Morgan fingerprint density at radius 2 is 2.00 bits per heavy atom. The van der Waals surface area contributed by atoms with E-state index in [1.807, 2.05) is 0 Å². The van der Waals surface area contributed by atoms with Crippen LogP contribution in [0.2, 0.25) is 0 Å². The van der Waals surface area contributed by atoms with E-state index in [9.17, 15) is 0 Å². The molecule has 0 radical (unpaired) electrons. The van der Waals surface area contributed by atoms with Crippen LogP contribution in [0.3, 0.4) is 0 Å².